The third-order valence-electron chi connectivity index (χ3n) is 5.96. The first-order chi connectivity index (χ1) is 16.7. The molecule has 1 N–H and O–H groups in total. The van der Waals surface area contributed by atoms with Gasteiger partial charge in [-0.1, -0.05) is 36.4 Å². The zero-order valence-corrected chi connectivity index (χ0v) is 19.3. The largest absolute Gasteiger partial charge is 0.416 e. The Labute approximate surface area is 200 Å². The van der Waals surface area contributed by atoms with Gasteiger partial charge in [-0.25, -0.2) is 13.4 Å². The Morgan fingerprint density at radius 3 is 2.66 bits per heavy atom. The van der Waals surface area contributed by atoms with E-state index in [2.05, 4.69) is 15.3 Å². The van der Waals surface area contributed by atoms with Gasteiger partial charge in [0.05, 0.1) is 28.7 Å². The standard InChI is InChI=1S/C25H21F3N4O2S/c26-25(27,28)20-6-3-4-17(12-20)16-35(33,34)32-11-9-22-19(15-32)8-10-29-24(22)31-21-13-18-5-1-2-7-23(18)30-14-21/h1-8,10,12-14H,9,11,15-16H2,(H,29,31). The Morgan fingerprint density at radius 2 is 1.83 bits per heavy atom. The molecule has 0 saturated carbocycles. The van der Waals surface area contributed by atoms with Crippen LogP contribution in [0.25, 0.3) is 10.9 Å². The molecule has 0 fully saturated rings. The molecule has 5 rings (SSSR count). The van der Waals surface area contributed by atoms with Gasteiger partial charge in [0, 0.05) is 30.2 Å². The first-order valence-corrected chi connectivity index (χ1v) is 12.5. The van der Waals surface area contributed by atoms with E-state index in [4.69, 9.17) is 0 Å². The Balaban J connectivity index is 1.35. The van der Waals surface area contributed by atoms with Gasteiger partial charge < -0.3 is 5.32 Å². The van der Waals surface area contributed by atoms with E-state index in [0.29, 0.717) is 12.2 Å². The molecule has 6 nitrogen and oxygen atoms in total. The van der Waals surface area contributed by atoms with Gasteiger partial charge in [-0.15, -0.1) is 0 Å². The summed E-state index contributed by atoms with van der Waals surface area (Å²) in [5.41, 5.74) is 2.60. The molecule has 10 heteroatoms. The smallest absolute Gasteiger partial charge is 0.339 e. The highest BCUT2D eigenvalue weighted by Crippen LogP contribution is 2.32. The predicted molar refractivity (Wildman–Crippen MR) is 127 cm³/mol. The number of pyridine rings is 2. The fourth-order valence-electron chi connectivity index (χ4n) is 4.23. The summed E-state index contributed by atoms with van der Waals surface area (Å²) in [5, 5.41) is 4.27. The molecular weight excluding hydrogens is 477 g/mol. The molecule has 180 valence electrons. The van der Waals surface area contributed by atoms with Crippen LogP contribution in [-0.2, 0) is 34.9 Å². The molecule has 0 bridgehead atoms. The van der Waals surface area contributed by atoms with Crippen molar-refractivity contribution in [1.82, 2.24) is 14.3 Å². The lowest BCUT2D eigenvalue weighted by Crippen LogP contribution is -2.37. The lowest BCUT2D eigenvalue weighted by molar-refractivity contribution is -0.137. The number of hydrogen-bond acceptors (Lipinski definition) is 5. The highest BCUT2D eigenvalue weighted by molar-refractivity contribution is 7.88. The van der Waals surface area contributed by atoms with Crippen molar-refractivity contribution < 1.29 is 21.6 Å². The molecule has 0 aliphatic carbocycles. The maximum absolute atomic E-state index is 13.0. The fraction of sp³-hybridized carbons (Fsp3) is 0.200. The number of sulfonamides is 1. The Kier molecular flexibility index (Phi) is 5.94. The number of rotatable bonds is 5. The van der Waals surface area contributed by atoms with Gasteiger partial charge in [0.15, 0.2) is 0 Å². The van der Waals surface area contributed by atoms with Crippen LogP contribution in [0.2, 0.25) is 0 Å². The molecular formula is C25H21F3N4O2S. The summed E-state index contributed by atoms with van der Waals surface area (Å²) in [5.74, 6) is 0.139. The molecule has 35 heavy (non-hydrogen) atoms. The average molecular weight is 499 g/mol. The van der Waals surface area contributed by atoms with Gasteiger partial charge in [0.2, 0.25) is 10.0 Å². The topological polar surface area (TPSA) is 75.2 Å². The van der Waals surface area contributed by atoms with Gasteiger partial charge in [-0.3, -0.25) is 4.98 Å². The van der Waals surface area contributed by atoms with Crippen molar-refractivity contribution in [3.8, 4) is 0 Å². The molecule has 0 amide bonds. The number of anilines is 2. The Hall–Kier alpha value is -3.50. The van der Waals surface area contributed by atoms with Crippen LogP contribution in [-0.4, -0.2) is 29.2 Å². The summed E-state index contributed by atoms with van der Waals surface area (Å²) in [6.07, 6.45) is -0.772. The lowest BCUT2D eigenvalue weighted by Gasteiger charge is -2.29. The fourth-order valence-corrected chi connectivity index (χ4v) is 5.71. The second-order valence-electron chi connectivity index (χ2n) is 8.38. The number of halogens is 3. The van der Waals surface area contributed by atoms with Crippen LogP contribution in [0.1, 0.15) is 22.3 Å². The summed E-state index contributed by atoms with van der Waals surface area (Å²) >= 11 is 0. The zero-order chi connectivity index (χ0) is 24.6. The van der Waals surface area contributed by atoms with Crippen molar-refractivity contribution in [2.24, 2.45) is 0 Å². The Morgan fingerprint density at radius 1 is 1.00 bits per heavy atom. The first kappa shape index (κ1) is 23.3. The van der Waals surface area contributed by atoms with Crippen molar-refractivity contribution in [3.63, 3.8) is 0 Å². The molecule has 0 atom stereocenters. The highest BCUT2D eigenvalue weighted by Gasteiger charge is 2.32. The van der Waals surface area contributed by atoms with Crippen molar-refractivity contribution in [3.05, 3.63) is 95.3 Å². The summed E-state index contributed by atoms with van der Waals surface area (Å²) in [7, 11) is -3.82. The van der Waals surface area contributed by atoms with Gasteiger partial charge >= 0.3 is 6.18 Å². The lowest BCUT2D eigenvalue weighted by atomic mass is 10.0. The number of nitrogens with zero attached hydrogens (tertiary/aromatic N) is 3. The van der Waals surface area contributed by atoms with Crippen LogP contribution >= 0.6 is 0 Å². The highest BCUT2D eigenvalue weighted by atomic mass is 32.2. The van der Waals surface area contributed by atoms with E-state index < -0.39 is 27.5 Å². The number of aromatic nitrogens is 2. The van der Waals surface area contributed by atoms with E-state index in [9.17, 15) is 21.6 Å². The van der Waals surface area contributed by atoms with Crippen LogP contribution in [0.5, 0.6) is 0 Å². The van der Waals surface area contributed by atoms with E-state index in [-0.39, 0.29) is 18.7 Å². The maximum atomic E-state index is 13.0. The average Bonchev–Trinajstić information content (AvgIpc) is 2.83. The van der Waals surface area contributed by atoms with Crippen molar-refractivity contribution >= 4 is 32.4 Å². The normalized spacial score (nSPS) is 14.6. The minimum absolute atomic E-state index is 0.103. The maximum Gasteiger partial charge on any atom is 0.416 e. The SMILES string of the molecule is O=S(=O)(Cc1cccc(C(F)(F)F)c1)N1CCc2c(ccnc2Nc2cnc3ccccc3c2)C1. The quantitative estimate of drug-likeness (QED) is 0.405. The van der Waals surface area contributed by atoms with Gasteiger partial charge in [-0.2, -0.15) is 17.5 Å². The van der Waals surface area contributed by atoms with E-state index in [1.54, 1.807) is 18.5 Å². The van der Waals surface area contributed by atoms with Crippen LogP contribution in [0.4, 0.5) is 24.7 Å². The molecule has 3 heterocycles. The van der Waals surface area contributed by atoms with Gasteiger partial charge in [0.25, 0.3) is 0 Å². The number of alkyl halides is 3. The molecule has 4 aromatic rings. The molecule has 1 aliphatic rings. The third-order valence-corrected chi connectivity index (χ3v) is 7.76. The third kappa shape index (κ3) is 4.98. The van der Waals surface area contributed by atoms with E-state index in [1.165, 1.54) is 16.4 Å². The summed E-state index contributed by atoms with van der Waals surface area (Å²) in [6.45, 7) is 0.342. The number of benzene rings is 2. The van der Waals surface area contributed by atoms with Crippen LogP contribution in [0.15, 0.2) is 73.1 Å². The van der Waals surface area contributed by atoms with Gasteiger partial charge in [-0.05, 0) is 41.8 Å². The minimum atomic E-state index is -4.53. The second kappa shape index (κ2) is 8.94. The number of hydrogen-bond donors (Lipinski definition) is 1. The number of nitrogens with one attached hydrogen (secondary N) is 1. The summed E-state index contributed by atoms with van der Waals surface area (Å²) in [6, 6.07) is 15.9. The number of para-hydroxylation sites is 1. The summed E-state index contributed by atoms with van der Waals surface area (Å²) in [4.78, 5) is 8.89. The van der Waals surface area contributed by atoms with Crippen molar-refractivity contribution in [1.29, 1.82) is 0 Å². The van der Waals surface area contributed by atoms with Crippen LogP contribution in [0, 0.1) is 0 Å². The van der Waals surface area contributed by atoms with Crippen LogP contribution < -0.4 is 5.32 Å². The second-order valence-corrected chi connectivity index (χ2v) is 10.3. The minimum Gasteiger partial charge on any atom is -0.339 e. The van der Waals surface area contributed by atoms with Crippen LogP contribution in [0.3, 0.4) is 0 Å². The zero-order valence-electron chi connectivity index (χ0n) is 18.5. The molecule has 1 aliphatic heterocycles. The van der Waals surface area contributed by atoms with E-state index >= 15 is 0 Å². The molecule has 2 aromatic carbocycles. The van der Waals surface area contributed by atoms with Crippen molar-refractivity contribution in [2.45, 2.75) is 24.9 Å². The first-order valence-electron chi connectivity index (χ1n) is 10.9. The molecule has 0 radical (unpaired) electrons. The number of fused-ring (bicyclic) bond motifs is 2. The van der Waals surface area contributed by atoms with Gasteiger partial charge in [0.1, 0.15) is 5.82 Å². The predicted octanol–water partition coefficient (Wildman–Crippen LogP) is 5.28. The van der Waals surface area contributed by atoms with Crippen molar-refractivity contribution in [2.75, 3.05) is 11.9 Å². The monoisotopic (exact) mass is 498 g/mol. The van der Waals surface area contributed by atoms with E-state index in [1.807, 2.05) is 30.3 Å². The van der Waals surface area contributed by atoms with E-state index in [0.717, 1.165) is 39.8 Å². The Bertz CT molecular complexity index is 1510. The molecule has 0 spiro atoms. The molecule has 0 saturated heterocycles. The molecule has 0 unspecified atom stereocenters. The molecule has 2 aromatic heterocycles. The summed E-state index contributed by atoms with van der Waals surface area (Å²) < 4.78 is 66.4.